The average molecular weight is 269 g/mol. The van der Waals surface area contributed by atoms with Crippen LogP contribution in [0.15, 0.2) is 48.7 Å². The summed E-state index contributed by atoms with van der Waals surface area (Å²) in [4.78, 5) is 6.83. The Hall–Kier alpha value is -1.87. The molecule has 0 unspecified atom stereocenters. The van der Waals surface area contributed by atoms with Crippen molar-refractivity contribution in [2.24, 2.45) is 0 Å². The van der Waals surface area contributed by atoms with E-state index in [-0.39, 0.29) is 0 Å². The van der Waals surface area contributed by atoms with Crippen LogP contribution in [0.5, 0.6) is 0 Å². The molecule has 0 aliphatic heterocycles. The fourth-order valence-corrected chi connectivity index (χ4v) is 2.14. The monoisotopic (exact) mass is 269 g/mol. The molecule has 3 nitrogen and oxygen atoms in total. The van der Waals surface area contributed by atoms with E-state index in [9.17, 15) is 0 Å². The second-order valence-electron chi connectivity index (χ2n) is 5.29. The lowest BCUT2D eigenvalue weighted by Gasteiger charge is -2.26. The Labute approximate surface area is 121 Å². The first-order chi connectivity index (χ1) is 9.69. The topological polar surface area (TPSA) is 28.2 Å². The molecule has 0 atom stereocenters. The van der Waals surface area contributed by atoms with Crippen molar-refractivity contribution in [2.75, 3.05) is 12.4 Å². The molecular weight excluding hydrogens is 246 g/mol. The zero-order chi connectivity index (χ0) is 14.4. The molecule has 0 spiro atoms. The largest absolute Gasteiger partial charge is 0.373 e. The van der Waals surface area contributed by atoms with Crippen LogP contribution in [0.3, 0.4) is 0 Å². The van der Waals surface area contributed by atoms with E-state index in [0.29, 0.717) is 6.04 Å². The molecule has 0 saturated heterocycles. The molecule has 0 amide bonds. The van der Waals surface area contributed by atoms with E-state index in [0.717, 1.165) is 18.9 Å². The first-order valence-corrected chi connectivity index (χ1v) is 7.09. The van der Waals surface area contributed by atoms with Crippen LogP contribution in [-0.2, 0) is 13.1 Å². The molecule has 2 rings (SSSR count). The van der Waals surface area contributed by atoms with E-state index in [4.69, 9.17) is 0 Å². The molecule has 0 saturated carbocycles. The lowest BCUT2D eigenvalue weighted by molar-refractivity contribution is 0.203. The molecule has 2 aromatic rings. The van der Waals surface area contributed by atoms with Crippen LogP contribution >= 0.6 is 0 Å². The quantitative estimate of drug-likeness (QED) is 0.869. The lowest BCUT2D eigenvalue weighted by Crippen LogP contribution is -2.29. The zero-order valence-electron chi connectivity index (χ0n) is 12.5. The van der Waals surface area contributed by atoms with Gasteiger partial charge in [0.05, 0.1) is 0 Å². The number of nitrogens with zero attached hydrogens (tertiary/aromatic N) is 2. The number of benzene rings is 1. The zero-order valence-corrected chi connectivity index (χ0v) is 12.5. The fourth-order valence-electron chi connectivity index (χ4n) is 2.14. The first-order valence-electron chi connectivity index (χ1n) is 7.09. The number of pyridine rings is 1. The van der Waals surface area contributed by atoms with Gasteiger partial charge < -0.3 is 5.32 Å². The van der Waals surface area contributed by atoms with Crippen LogP contribution in [0.1, 0.15) is 25.0 Å². The van der Waals surface area contributed by atoms with Crippen LogP contribution < -0.4 is 5.32 Å². The van der Waals surface area contributed by atoms with Gasteiger partial charge in [-0.2, -0.15) is 0 Å². The summed E-state index contributed by atoms with van der Waals surface area (Å²) in [6.07, 6.45) is 1.95. The van der Waals surface area contributed by atoms with E-state index in [2.05, 4.69) is 65.4 Å². The molecule has 0 aliphatic carbocycles. The molecular formula is C17H23N3. The Balaban J connectivity index is 2.05. The van der Waals surface area contributed by atoms with E-state index < -0.39 is 0 Å². The molecule has 1 aromatic carbocycles. The van der Waals surface area contributed by atoms with Crippen LogP contribution in [-0.4, -0.2) is 23.0 Å². The van der Waals surface area contributed by atoms with Crippen molar-refractivity contribution in [3.05, 3.63) is 59.8 Å². The highest BCUT2D eigenvalue weighted by Gasteiger charge is 2.11. The molecule has 0 radical (unpaired) electrons. The predicted molar refractivity (Wildman–Crippen MR) is 84.6 cm³/mol. The third-order valence-corrected chi connectivity index (χ3v) is 3.43. The summed E-state index contributed by atoms with van der Waals surface area (Å²) in [6.45, 7) is 6.35. The fraction of sp³-hybridized carbons (Fsp3) is 0.353. The Morgan fingerprint density at radius 2 is 1.70 bits per heavy atom. The maximum absolute atomic E-state index is 4.38. The van der Waals surface area contributed by atoms with E-state index in [1.165, 1.54) is 11.1 Å². The molecule has 1 N–H and O–H groups in total. The highest BCUT2D eigenvalue weighted by molar-refractivity contribution is 5.34. The SMILES string of the molecule is CNc1ccc(CN(Cc2ccccc2)C(C)C)cn1. The Morgan fingerprint density at radius 3 is 2.25 bits per heavy atom. The minimum atomic E-state index is 0.499. The molecule has 3 heteroatoms. The summed E-state index contributed by atoms with van der Waals surface area (Å²) in [7, 11) is 1.89. The summed E-state index contributed by atoms with van der Waals surface area (Å²) < 4.78 is 0. The van der Waals surface area contributed by atoms with E-state index in [1.807, 2.05) is 19.3 Å². The molecule has 0 fully saturated rings. The molecule has 1 aromatic heterocycles. The van der Waals surface area contributed by atoms with Crippen LogP contribution in [0.2, 0.25) is 0 Å². The van der Waals surface area contributed by atoms with Gasteiger partial charge in [0.2, 0.25) is 0 Å². The van der Waals surface area contributed by atoms with Crippen molar-refractivity contribution in [3.8, 4) is 0 Å². The molecule has 106 valence electrons. The van der Waals surface area contributed by atoms with Gasteiger partial charge in [-0.05, 0) is 31.0 Å². The van der Waals surface area contributed by atoms with Crippen molar-refractivity contribution in [1.82, 2.24) is 9.88 Å². The van der Waals surface area contributed by atoms with Crippen LogP contribution in [0.4, 0.5) is 5.82 Å². The Kier molecular flexibility index (Phi) is 5.13. The number of hydrogen-bond donors (Lipinski definition) is 1. The minimum absolute atomic E-state index is 0.499. The van der Waals surface area contributed by atoms with Gasteiger partial charge in [0.1, 0.15) is 5.82 Å². The Bertz CT molecular complexity index is 506. The maximum atomic E-state index is 4.38. The maximum Gasteiger partial charge on any atom is 0.125 e. The second-order valence-corrected chi connectivity index (χ2v) is 5.29. The average Bonchev–Trinajstić information content (AvgIpc) is 2.48. The summed E-state index contributed by atoms with van der Waals surface area (Å²) in [5.41, 5.74) is 2.59. The van der Waals surface area contributed by atoms with Crippen molar-refractivity contribution < 1.29 is 0 Å². The summed E-state index contributed by atoms with van der Waals surface area (Å²) in [6, 6.07) is 15.3. The highest BCUT2D eigenvalue weighted by atomic mass is 15.1. The van der Waals surface area contributed by atoms with Gasteiger partial charge in [-0.1, -0.05) is 36.4 Å². The predicted octanol–water partition coefficient (Wildman–Crippen LogP) is 3.53. The molecule has 20 heavy (non-hydrogen) atoms. The van der Waals surface area contributed by atoms with Gasteiger partial charge in [-0.25, -0.2) is 4.98 Å². The summed E-state index contributed by atoms with van der Waals surface area (Å²) >= 11 is 0. The third-order valence-electron chi connectivity index (χ3n) is 3.43. The highest BCUT2D eigenvalue weighted by Crippen LogP contribution is 2.13. The summed E-state index contributed by atoms with van der Waals surface area (Å²) in [5.74, 6) is 0.910. The van der Waals surface area contributed by atoms with Crippen LogP contribution in [0, 0.1) is 0 Å². The smallest absolute Gasteiger partial charge is 0.125 e. The molecule has 0 bridgehead atoms. The standard InChI is InChI=1S/C17H23N3/c1-14(2)20(12-15-7-5-4-6-8-15)13-16-9-10-17(18-3)19-11-16/h4-11,14H,12-13H2,1-3H3,(H,18,19). The van der Waals surface area contributed by atoms with Crippen molar-refractivity contribution in [2.45, 2.75) is 33.0 Å². The van der Waals surface area contributed by atoms with Gasteiger partial charge in [-0.15, -0.1) is 0 Å². The lowest BCUT2D eigenvalue weighted by atomic mass is 10.1. The second kappa shape index (κ2) is 7.06. The van der Waals surface area contributed by atoms with Crippen LogP contribution in [0.25, 0.3) is 0 Å². The molecule has 0 aliphatic rings. The van der Waals surface area contributed by atoms with Gasteiger partial charge >= 0.3 is 0 Å². The number of rotatable bonds is 6. The molecule has 1 heterocycles. The summed E-state index contributed by atoms with van der Waals surface area (Å²) in [5, 5.41) is 3.05. The minimum Gasteiger partial charge on any atom is -0.373 e. The van der Waals surface area contributed by atoms with E-state index in [1.54, 1.807) is 0 Å². The number of aromatic nitrogens is 1. The van der Waals surface area contributed by atoms with E-state index >= 15 is 0 Å². The first kappa shape index (κ1) is 14.5. The van der Waals surface area contributed by atoms with Crippen molar-refractivity contribution in [3.63, 3.8) is 0 Å². The third kappa shape index (κ3) is 4.07. The normalized spacial score (nSPS) is 11.1. The number of hydrogen-bond acceptors (Lipinski definition) is 3. The van der Waals surface area contributed by atoms with Crippen molar-refractivity contribution >= 4 is 5.82 Å². The van der Waals surface area contributed by atoms with Gasteiger partial charge in [0.25, 0.3) is 0 Å². The van der Waals surface area contributed by atoms with Gasteiger partial charge in [-0.3, -0.25) is 4.90 Å². The van der Waals surface area contributed by atoms with Gasteiger partial charge in [0, 0.05) is 32.4 Å². The van der Waals surface area contributed by atoms with Crippen molar-refractivity contribution in [1.29, 1.82) is 0 Å². The number of anilines is 1. The number of nitrogens with one attached hydrogen (secondary N) is 1. The Morgan fingerprint density at radius 1 is 1.00 bits per heavy atom. The van der Waals surface area contributed by atoms with Gasteiger partial charge in [0.15, 0.2) is 0 Å².